The molecule has 0 bridgehead atoms. The van der Waals surface area contributed by atoms with Crippen molar-refractivity contribution >= 4 is 34.8 Å². The van der Waals surface area contributed by atoms with Crippen molar-refractivity contribution in [3.8, 4) is 6.07 Å². The SMILES string of the molecule is N#CCc1ccc(NC(=O)Cc2ccc(Cl)cc2Cl)cc1. The van der Waals surface area contributed by atoms with E-state index in [0.29, 0.717) is 22.2 Å². The van der Waals surface area contributed by atoms with Crippen LogP contribution in [-0.2, 0) is 17.6 Å². The fraction of sp³-hybridized carbons (Fsp3) is 0.125. The van der Waals surface area contributed by atoms with Crippen LogP contribution < -0.4 is 5.32 Å². The van der Waals surface area contributed by atoms with Gasteiger partial charge in [-0.25, -0.2) is 0 Å². The molecule has 2 rings (SSSR count). The molecule has 0 unspecified atom stereocenters. The number of nitriles is 1. The molecule has 0 saturated carbocycles. The number of anilines is 1. The maximum Gasteiger partial charge on any atom is 0.228 e. The van der Waals surface area contributed by atoms with E-state index in [0.717, 1.165) is 11.1 Å². The topological polar surface area (TPSA) is 52.9 Å². The molecule has 0 radical (unpaired) electrons. The number of carbonyl (C=O) groups excluding carboxylic acids is 1. The van der Waals surface area contributed by atoms with Crippen molar-refractivity contribution in [2.24, 2.45) is 0 Å². The van der Waals surface area contributed by atoms with Crippen LogP contribution in [0, 0.1) is 11.3 Å². The quantitative estimate of drug-likeness (QED) is 0.916. The van der Waals surface area contributed by atoms with E-state index in [2.05, 4.69) is 11.4 Å². The van der Waals surface area contributed by atoms with Crippen LogP contribution >= 0.6 is 23.2 Å². The molecule has 0 aliphatic rings. The first-order valence-electron chi connectivity index (χ1n) is 6.28. The second kappa shape index (κ2) is 7.12. The first-order chi connectivity index (χ1) is 10.1. The maximum atomic E-state index is 12.0. The number of hydrogen-bond donors (Lipinski definition) is 1. The Hall–Kier alpha value is -2.02. The van der Waals surface area contributed by atoms with Crippen LogP contribution in [0.15, 0.2) is 42.5 Å². The Kier molecular flexibility index (Phi) is 5.21. The van der Waals surface area contributed by atoms with E-state index in [4.69, 9.17) is 28.5 Å². The van der Waals surface area contributed by atoms with Crippen molar-refractivity contribution in [1.29, 1.82) is 5.26 Å². The smallest absolute Gasteiger partial charge is 0.228 e. The standard InChI is InChI=1S/C16H12Cl2N2O/c17-13-4-3-12(15(18)10-13)9-16(21)20-14-5-1-11(2-6-14)7-8-19/h1-6,10H,7,9H2,(H,20,21). The highest BCUT2D eigenvalue weighted by Crippen LogP contribution is 2.21. The van der Waals surface area contributed by atoms with Crippen molar-refractivity contribution in [3.05, 3.63) is 63.6 Å². The summed E-state index contributed by atoms with van der Waals surface area (Å²) in [6, 6.07) is 14.3. The molecule has 2 aromatic rings. The Morgan fingerprint density at radius 3 is 2.48 bits per heavy atom. The van der Waals surface area contributed by atoms with E-state index < -0.39 is 0 Å². The minimum Gasteiger partial charge on any atom is -0.326 e. The lowest BCUT2D eigenvalue weighted by Gasteiger charge is -2.07. The number of amides is 1. The summed E-state index contributed by atoms with van der Waals surface area (Å²) < 4.78 is 0. The van der Waals surface area contributed by atoms with E-state index >= 15 is 0 Å². The minimum absolute atomic E-state index is 0.160. The van der Waals surface area contributed by atoms with Gasteiger partial charge >= 0.3 is 0 Å². The summed E-state index contributed by atoms with van der Waals surface area (Å²) in [5.74, 6) is -0.160. The third kappa shape index (κ3) is 4.49. The van der Waals surface area contributed by atoms with E-state index in [9.17, 15) is 4.79 Å². The number of hydrogen-bond acceptors (Lipinski definition) is 2. The molecule has 0 aromatic heterocycles. The molecule has 106 valence electrons. The number of benzene rings is 2. The number of nitrogens with zero attached hydrogens (tertiary/aromatic N) is 1. The molecule has 5 heteroatoms. The van der Waals surface area contributed by atoms with Crippen LogP contribution in [0.1, 0.15) is 11.1 Å². The number of halogens is 2. The third-order valence-electron chi connectivity index (χ3n) is 2.89. The van der Waals surface area contributed by atoms with Gasteiger partial charge in [-0.2, -0.15) is 5.26 Å². The Morgan fingerprint density at radius 2 is 1.86 bits per heavy atom. The van der Waals surface area contributed by atoms with Crippen molar-refractivity contribution in [2.45, 2.75) is 12.8 Å². The van der Waals surface area contributed by atoms with Gasteiger partial charge in [0.25, 0.3) is 0 Å². The fourth-order valence-corrected chi connectivity index (χ4v) is 2.32. The fourth-order valence-electron chi connectivity index (χ4n) is 1.84. The molecule has 21 heavy (non-hydrogen) atoms. The monoisotopic (exact) mass is 318 g/mol. The van der Waals surface area contributed by atoms with Gasteiger partial charge in [-0.15, -0.1) is 0 Å². The zero-order valence-corrected chi connectivity index (χ0v) is 12.6. The van der Waals surface area contributed by atoms with Gasteiger partial charge in [0.2, 0.25) is 5.91 Å². The van der Waals surface area contributed by atoms with Gasteiger partial charge in [0.15, 0.2) is 0 Å². The van der Waals surface area contributed by atoms with Crippen LogP contribution in [0.5, 0.6) is 0 Å². The molecule has 1 amide bonds. The number of nitrogens with one attached hydrogen (secondary N) is 1. The average Bonchev–Trinajstić information content (AvgIpc) is 2.44. The lowest BCUT2D eigenvalue weighted by molar-refractivity contribution is -0.115. The van der Waals surface area contributed by atoms with E-state index in [-0.39, 0.29) is 12.3 Å². The predicted octanol–water partition coefficient (Wildman–Crippen LogP) is 4.24. The van der Waals surface area contributed by atoms with Crippen molar-refractivity contribution < 1.29 is 4.79 Å². The highest BCUT2D eigenvalue weighted by atomic mass is 35.5. The Balaban J connectivity index is 1.99. The van der Waals surface area contributed by atoms with Gasteiger partial charge in [0.05, 0.1) is 18.9 Å². The zero-order chi connectivity index (χ0) is 15.2. The van der Waals surface area contributed by atoms with Crippen molar-refractivity contribution in [3.63, 3.8) is 0 Å². The first kappa shape index (κ1) is 15.4. The molecule has 2 aromatic carbocycles. The largest absolute Gasteiger partial charge is 0.326 e. The second-order valence-electron chi connectivity index (χ2n) is 4.49. The average molecular weight is 319 g/mol. The normalized spacial score (nSPS) is 9.95. The molecule has 0 aliphatic carbocycles. The summed E-state index contributed by atoms with van der Waals surface area (Å²) in [6.07, 6.45) is 0.532. The molecule has 0 atom stereocenters. The molecule has 0 spiro atoms. The first-order valence-corrected chi connectivity index (χ1v) is 7.04. The summed E-state index contributed by atoms with van der Waals surface area (Å²) in [5, 5.41) is 12.4. The maximum absolute atomic E-state index is 12.0. The summed E-state index contributed by atoms with van der Waals surface area (Å²) in [5.41, 5.74) is 2.32. The van der Waals surface area contributed by atoms with Gasteiger partial charge in [-0.05, 0) is 35.4 Å². The lowest BCUT2D eigenvalue weighted by Crippen LogP contribution is -2.14. The van der Waals surface area contributed by atoms with Gasteiger partial charge in [-0.3, -0.25) is 4.79 Å². The summed E-state index contributed by atoms with van der Waals surface area (Å²) in [4.78, 5) is 12.0. The lowest BCUT2D eigenvalue weighted by atomic mass is 10.1. The van der Waals surface area contributed by atoms with Crippen LogP contribution in [-0.4, -0.2) is 5.91 Å². The van der Waals surface area contributed by atoms with E-state index in [1.165, 1.54) is 0 Å². The van der Waals surface area contributed by atoms with Crippen LogP contribution in [0.4, 0.5) is 5.69 Å². The Morgan fingerprint density at radius 1 is 1.14 bits per heavy atom. The predicted molar refractivity (Wildman–Crippen MR) is 84.6 cm³/mol. The van der Waals surface area contributed by atoms with Gasteiger partial charge < -0.3 is 5.32 Å². The van der Waals surface area contributed by atoms with Crippen molar-refractivity contribution in [2.75, 3.05) is 5.32 Å². The van der Waals surface area contributed by atoms with Crippen LogP contribution in [0.2, 0.25) is 10.0 Å². The number of carbonyl (C=O) groups is 1. The highest BCUT2D eigenvalue weighted by Gasteiger charge is 2.08. The van der Waals surface area contributed by atoms with Gasteiger partial charge in [-0.1, -0.05) is 41.4 Å². The molecular weight excluding hydrogens is 307 g/mol. The van der Waals surface area contributed by atoms with Crippen molar-refractivity contribution in [1.82, 2.24) is 0 Å². The second-order valence-corrected chi connectivity index (χ2v) is 5.34. The Bertz CT molecular complexity index is 690. The summed E-state index contributed by atoms with van der Waals surface area (Å²) >= 11 is 11.9. The molecule has 0 fully saturated rings. The van der Waals surface area contributed by atoms with E-state index in [1.54, 1.807) is 30.3 Å². The molecule has 0 heterocycles. The van der Waals surface area contributed by atoms with E-state index in [1.807, 2.05) is 12.1 Å². The molecule has 1 N–H and O–H groups in total. The number of rotatable bonds is 4. The summed E-state index contributed by atoms with van der Waals surface area (Å²) in [6.45, 7) is 0. The minimum atomic E-state index is -0.160. The Labute approximate surface area is 133 Å². The molecule has 0 aliphatic heterocycles. The molecular formula is C16H12Cl2N2O. The van der Waals surface area contributed by atoms with Gasteiger partial charge in [0, 0.05) is 15.7 Å². The molecule has 0 saturated heterocycles. The molecule has 3 nitrogen and oxygen atoms in total. The van der Waals surface area contributed by atoms with Crippen LogP contribution in [0.25, 0.3) is 0 Å². The zero-order valence-electron chi connectivity index (χ0n) is 11.1. The van der Waals surface area contributed by atoms with Crippen LogP contribution in [0.3, 0.4) is 0 Å². The summed E-state index contributed by atoms with van der Waals surface area (Å²) in [7, 11) is 0. The highest BCUT2D eigenvalue weighted by molar-refractivity contribution is 6.35. The van der Waals surface area contributed by atoms with Gasteiger partial charge in [0.1, 0.15) is 0 Å². The third-order valence-corrected chi connectivity index (χ3v) is 3.47.